The molecule has 3 nitrogen and oxygen atoms in total. The SMILES string of the molecule is CCCn1c(-c2cncc(Cl)c2)nc2cc(C(F)(F)F)ccc21. The third-order valence-electron chi connectivity index (χ3n) is 3.49. The van der Waals surface area contributed by atoms with Crippen LogP contribution >= 0.6 is 11.6 Å². The normalized spacial score (nSPS) is 12.0. The molecule has 0 unspecified atom stereocenters. The Balaban J connectivity index is 2.22. The molecule has 0 bridgehead atoms. The molecule has 0 aliphatic heterocycles. The summed E-state index contributed by atoms with van der Waals surface area (Å²) in [6.45, 7) is 2.64. The van der Waals surface area contributed by atoms with Crippen LogP contribution in [0.2, 0.25) is 5.02 Å². The van der Waals surface area contributed by atoms with Crippen molar-refractivity contribution in [2.75, 3.05) is 0 Å². The molecule has 0 radical (unpaired) electrons. The first-order valence-electron chi connectivity index (χ1n) is 7.08. The van der Waals surface area contributed by atoms with Gasteiger partial charge < -0.3 is 4.57 Å². The number of benzene rings is 1. The Hall–Kier alpha value is -2.08. The van der Waals surface area contributed by atoms with Crippen LogP contribution in [0.4, 0.5) is 13.2 Å². The molecule has 0 fully saturated rings. The summed E-state index contributed by atoms with van der Waals surface area (Å²) in [4.78, 5) is 8.40. The molecule has 3 aromatic rings. The Morgan fingerprint density at radius 2 is 1.96 bits per heavy atom. The van der Waals surface area contributed by atoms with Crippen LogP contribution in [0.5, 0.6) is 0 Å². The maximum Gasteiger partial charge on any atom is 0.416 e. The second-order valence-corrected chi connectivity index (χ2v) is 5.62. The van der Waals surface area contributed by atoms with Gasteiger partial charge in [0.15, 0.2) is 0 Å². The number of imidazole rings is 1. The van der Waals surface area contributed by atoms with E-state index >= 15 is 0 Å². The van der Waals surface area contributed by atoms with Crippen molar-refractivity contribution in [3.63, 3.8) is 0 Å². The summed E-state index contributed by atoms with van der Waals surface area (Å²) in [7, 11) is 0. The number of fused-ring (bicyclic) bond motifs is 1. The van der Waals surface area contributed by atoms with Gasteiger partial charge in [0.05, 0.1) is 21.6 Å². The summed E-state index contributed by atoms with van der Waals surface area (Å²) in [5, 5.41) is 0.452. The summed E-state index contributed by atoms with van der Waals surface area (Å²) in [6, 6.07) is 5.31. The quantitative estimate of drug-likeness (QED) is 0.658. The Morgan fingerprint density at radius 1 is 1.17 bits per heavy atom. The van der Waals surface area contributed by atoms with E-state index in [1.165, 1.54) is 12.3 Å². The van der Waals surface area contributed by atoms with E-state index in [1.807, 2.05) is 11.5 Å². The fraction of sp³-hybridized carbons (Fsp3) is 0.250. The first-order valence-corrected chi connectivity index (χ1v) is 7.46. The van der Waals surface area contributed by atoms with Crippen LogP contribution in [-0.2, 0) is 12.7 Å². The number of hydrogen-bond acceptors (Lipinski definition) is 2. The molecule has 0 aliphatic rings. The van der Waals surface area contributed by atoms with Gasteiger partial charge in [0, 0.05) is 24.5 Å². The van der Waals surface area contributed by atoms with Gasteiger partial charge in [-0.05, 0) is 30.7 Å². The van der Waals surface area contributed by atoms with Crippen molar-refractivity contribution in [3.05, 3.63) is 47.2 Å². The van der Waals surface area contributed by atoms with Crippen LogP contribution < -0.4 is 0 Å². The molecule has 2 heterocycles. The fourth-order valence-corrected chi connectivity index (χ4v) is 2.68. The van der Waals surface area contributed by atoms with Crippen LogP contribution in [0.15, 0.2) is 36.7 Å². The minimum Gasteiger partial charge on any atom is -0.324 e. The maximum atomic E-state index is 12.9. The number of alkyl halides is 3. The molecular weight excluding hydrogens is 327 g/mol. The van der Waals surface area contributed by atoms with E-state index in [9.17, 15) is 13.2 Å². The predicted octanol–water partition coefficient (Wildman–Crippen LogP) is 5.18. The van der Waals surface area contributed by atoms with Crippen LogP contribution in [-0.4, -0.2) is 14.5 Å². The topological polar surface area (TPSA) is 30.7 Å². The molecule has 2 aromatic heterocycles. The Morgan fingerprint density at radius 3 is 2.61 bits per heavy atom. The number of aryl methyl sites for hydroxylation is 1. The van der Waals surface area contributed by atoms with Crippen LogP contribution in [0.25, 0.3) is 22.4 Å². The van der Waals surface area contributed by atoms with Crippen molar-refractivity contribution in [2.24, 2.45) is 0 Å². The standard InChI is InChI=1S/C16H13ClF3N3/c1-2-5-23-14-4-3-11(16(18,19)20)7-13(14)22-15(23)10-6-12(17)9-21-8-10/h3-4,6-9H,2,5H2,1H3. The minimum atomic E-state index is -4.39. The highest BCUT2D eigenvalue weighted by Crippen LogP contribution is 2.33. The predicted molar refractivity (Wildman–Crippen MR) is 83.3 cm³/mol. The zero-order valence-corrected chi connectivity index (χ0v) is 13.0. The number of pyridine rings is 1. The van der Waals surface area contributed by atoms with E-state index in [2.05, 4.69) is 9.97 Å². The molecule has 23 heavy (non-hydrogen) atoms. The second-order valence-electron chi connectivity index (χ2n) is 5.18. The van der Waals surface area contributed by atoms with Gasteiger partial charge in [-0.25, -0.2) is 4.98 Å². The van der Waals surface area contributed by atoms with Crippen molar-refractivity contribution in [1.82, 2.24) is 14.5 Å². The van der Waals surface area contributed by atoms with Crippen molar-refractivity contribution in [1.29, 1.82) is 0 Å². The molecule has 1 aromatic carbocycles. The van der Waals surface area contributed by atoms with Gasteiger partial charge in [0.25, 0.3) is 0 Å². The molecule has 0 saturated carbocycles. The lowest BCUT2D eigenvalue weighted by molar-refractivity contribution is -0.137. The van der Waals surface area contributed by atoms with Crippen LogP contribution in [0.1, 0.15) is 18.9 Å². The van der Waals surface area contributed by atoms with E-state index in [4.69, 9.17) is 11.6 Å². The van der Waals surface area contributed by atoms with Crippen LogP contribution in [0.3, 0.4) is 0 Å². The van der Waals surface area contributed by atoms with Gasteiger partial charge in [0.1, 0.15) is 5.82 Å². The van der Waals surface area contributed by atoms with E-state index in [0.717, 1.165) is 18.6 Å². The molecule has 0 spiro atoms. The van der Waals surface area contributed by atoms with Gasteiger partial charge in [-0.1, -0.05) is 18.5 Å². The molecule has 0 aliphatic carbocycles. The minimum absolute atomic E-state index is 0.309. The van der Waals surface area contributed by atoms with Crippen molar-refractivity contribution in [2.45, 2.75) is 26.1 Å². The highest BCUT2D eigenvalue weighted by Gasteiger charge is 2.31. The lowest BCUT2D eigenvalue weighted by atomic mass is 10.2. The van der Waals surface area contributed by atoms with Crippen molar-refractivity contribution in [3.8, 4) is 11.4 Å². The molecule has 3 rings (SSSR count). The molecule has 120 valence electrons. The molecular formula is C16H13ClF3N3. The zero-order chi connectivity index (χ0) is 16.6. The Labute approximate surface area is 135 Å². The number of hydrogen-bond donors (Lipinski definition) is 0. The Kier molecular flexibility index (Phi) is 4.02. The van der Waals surface area contributed by atoms with Gasteiger partial charge in [-0.3, -0.25) is 4.98 Å². The molecule has 0 N–H and O–H groups in total. The van der Waals surface area contributed by atoms with E-state index in [0.29, 0.717) is 34.0 Å². The Bertz CT molecular complexity index is 855. The molecule has 0 saturated heterocycles. The third kappa shape index (κ3) is 3.03. The first kappa shape index (κ1) is 15.8. The lowest BCUT2D eigenvalue weighted by Crippen LogP contribution is -2.04. The monoisotopic (exact) mass is 339 g/mol. The number of aromatic nitrogens is 3. The highest BCUT2D eigenvalue weighted by atomic mass is 35.5. The van der Waals surface area contributed by atoms with E-state index in [1.54, 1.807) is 12.3 Å². The number of halogens is 4. The van der Waals surface area contributed by atoms with Gasteiger partial charge in [-0.2, -0.15) is 13.2 Å². The highest BCUT2D eigenvalue weighted by molar-refractivity contribution is 6.30. The summed E-state index contributed by atoms with van der Waals surface area (Å²) in [5.74, 6) is 0.566. The van der Waals surface area contributed by atoms with Gasteiger partial charge >= 0.3 is 6.18 Å². The number of rotatable bonds is 3. The largest absolute Gasteiger partial charge is 0.416 e. The number of nitrogens with zero attached hydrogens (tertiary/aromatic N) is 3. The van der Waals surface area contributed by atoms with Crippen molar-refractivity contribution >= 4 is 22.6 Å². The second kappa shape index (κ2) is 5.85. The fourth-order valence-electron chi connectivity index (χ4n) is 2.51. The van der Waals surface area contributed by atoms with Gasteiger partial charge in [-0.15, -0.1) is 0 Å². The third-order valence-corrected chi connectivity index (χ3v) is 3.69. The van der Waals surface area contributed by atoms with E-state index < -0.39 is 11.7 Å². The molecule has 7 heteroatoms. The average molecular weight is 340 g/mol. The van der Waals surface area contributed by atoms with Crippen LogP contribution in [0, 0.1) is 0 Å². The smallest absolute Gasteiger partial charge is 0.324 e. The maximum absolute atomic E-state index is 12.9. The van der Waals surface area contributed by atoms with Gasteiger partial charge in [0.2, 0.25) is 0 Å². The molecule has 0 amide bonds. The van der Waals surface area contributed by atoms with Crippen molar-refractivity contribution < 1.29 is 13.2 Å². The summed E-state index contributed by atoms with van der Waals surface area (Å²) in [5.41, 5.74) is 0.940. The average Bonchev–Trinajstić information content (AvgIpc) is 2.85. The lowest BCUT2D eigenvalue weighted by Gasteiger charge is -2.09. The molecule has 0 atom stereocenters. The zero-order valence-electron chi connectivity index (χ0n) is 12.2. The van der Waals surface area contributed by atoms with E-state index in [-0.39, 0.29) is 0 Å². The first-order chi connectivity index (χ1) is 10.9. The summed E-state index contributed by atoms with van der Waals surface area (Å²) < 4.78 is 40.5. The summed E-state index contributed by atoms with van der Waals surface area (Å²) >= 11 is 5.96. The summed E-state index contributed by atoms with van der Waals surface area (Å²) in [6.07, 6.45) is -0.461.